The van der Waals surface area contributed by atoms with Gasteiger partial charge in [-0.25, -0.2) is 4.98 Å². The van der Waals surface area contributed by atoms with E-state index in [2.05, 4.69) is 4.98 Å². The summed E-state index contributed by atoms with van der Waals surface area (Å²) in [7, 11) is 0. The van der Waals surface area contributed by atoms with Crippen LogP contribution >= 0.6 is 23.0 Å². The first-order valence-electron chi connectivity index (χ1n) is 4.15. The molecule has 0 aliphatic carbocycles. The minimum absolute atomic E-state index is 0.0483. The van der Waals surface area contributed by atoms with Crippen LogP contribution in [-0.4, -0.2) is 14.8 Å². The van der Waals surface area contributed by atoms with Crippen molar-refractivity contribution in [3.8, 4) is 5.75 Å². The van der Waals surface area contributed by atoms with Crippen molar-refractivity contribution in [2.24, 2.45) is 0 Å². The molecule has 0 aromatic carbocycles. The van der Waals surface area contributed by atoms with Gasteiger partial charge in [-0.3, -0.25) is 4.79 Å². The van der Waals surface area contributed by atoms with Crippen LogP contribution in [0.25, 0.3) is 11.0 Å². The van der Waals surface area contributed by atoms with E-state index < -0.39 is 5.56 Å². The van der Waals surface area contributed by atoms with E-state index in [-0.39, 0.29) is 11.3 Å². The fourth-order valence-corrected chi connectivity index (χ4v) is 1.72. The molecule has 0 unspecified atom stereocenters. The molecule has 0 aliphatic heterocycles. The van der Waals surface area contributed by atoms with Gasteiger partial charge in [0.25, 0.3) is 5.56 Å². The molecule has 0 amide bonds. The predicted octanol–water partition coefficient (Wildman–Crippen LogP) is 1.19. The number of hydrogen-bond acceptors (Lipinski definition) is 4. The summed E-state index contributed by atoms with van der Waals surface area (Å²) in [4.78, 5) is 15.7. The second-order valence-corrected chi connectivity index (χ2v) is 3.41. The number of aromatic hydroxyl groups is 1. The zero-order valence-corrected chi connectivity index (χ0v) is 9.93. The monoisotopic (exact) mass is 318 g/mol. The molecule has 2 heterocycles. The SMILES string of the molecule is Cc1c(O)c2cccnc2n(OI)c1=O. The Morgan fingerprint density at radius 1 is 1.60 bits per heavy atom. The average Bonchev–Trinajstić information content (AvgIpc) is 2.27. The molecule has 2 rings (SSSR count). The number of pyridine rings is 2. The lowest BCUT2D eigenvalue weighted by Gasteiger charge is -2.08. The van der Waals surface area contributed by atoms with Crippen molar-refractivity contribution in [2.75, 3.05) is 0 Å². The van der Waals surface area contributed by atoms with Crippen LogP contribution in [0.2, 0.25) is 0 Å². The van der Waals surface area contributed by atoms with Gasteiger partial charge in [-0.2, -0.15) is 0 Å². The Morgan fingerprint density at radius 2 is 2.33 bits per heavy atom. The van der Waals surface area contributed by atoms with Gasteiger partial charge in [-0.15, -0.1) is 4.73 Å². The Hall–Kier alpha value is -1.31. The second kappa shape index (κ2) is 3.69. The van der Waals surface area contributed by atoms with Crippen LogP contribution in [-0.2, 0) is 0 Å². The van der Waals surface area contributed by atoms with Crippen LogP contribution in [0.4, 0.5) is 0 Å². The maximum absolute atomic E-state index is 11.7. The fourth-order valence-electron chi connectivity index (χ4n) is 1.36. The third-order valence-electron chi connectivity index (χ3n) is 2.16. The molecule has 0 saturated heterocycles. The summed E-state index contributed by atoms with van der Waals surface area (Å²) >= 11 is 1.60. The quantitative estimate of drug-likeness (QED) is 0.802. The molecule has 78 valence electrons. The highest BCUT2D eigenvalue weighted by Gasteiger charge is 2.13. The van der Waals surface area contributed by atoms with Crippen molar-refractivity contribution in [2.45, 2.75) is 6.92 Å². The smallest absolute Gasteiger partial charge is 0.292 e. The lowest BCUT2D eigenvalue weighted by molar-refractivity contribution is 0.362. The first-order chi connectivity index (χ1) is 7.16. The first kappa shape index (κ1) is 10.2. The Labute approximate surface area is 99.0 Å². The minimum atomic E-state index is -0.409. The maximum Gasteiger partial charge on any atom is 0.292 e. The number of fused-ring (bicyclic) bond motifs is 1. The van der Waals surface area contributed by atoms with Crippen LogP contribution in [0.3, 0.4) is 0 Å². The first-order valence-corrected chi connectivity index (χ1v) is 5.03. The molecule has 2 aromatic heterocycles. The molecule has 15 heavy (non-hydrogen) atoms. The van der Waals surface area contributed by atoms with E-state index in [0.29, 0.717) is 11.0 Å². The molecule has 5 nitrogen and oxygen atoms in total. The van der Waals surface area contributed by atoms with Gasteiger partial charge < -0.3 is 8.27 Å². The second-order valence-electron chi connectivity index (χ2n) is 3.02. The van der Waals surface area contributed by atoms with Gasteiger partial charge in [0.2, 0.25) is 23.0 Å². The standard InChI is InChI=1S/C9H7IN2O3/c1-5-7(13)6-3-2-4-11-8(6)12(15-10)9(5)14/h2-4,13H,1H3. The molecule has 0 spiro atoms. The van der Waals surface area contributed by atoms with E-state index in [9.17, 15) is 9.90 Å². The molecule has 1 N–H and O–H groups in total. The summed E-state index contributed by atoms with van der Waals surface area (Å²) in [6.45, 7) is 1.54. The Kier molecular flexibility index (Phi) is 2.51. The van der Waals surface area contributed by atoms with Crippen LogP contribution in [0, 0.1) is 6.92 Å². The summed E-state index contributed by atoms with van der Waals surface area (Å²) < 4.78 is 5.94. The molecule has 0 aliphatic rings. The molecule has 0 saturated carbocycles. The molecule has 0 radical (unpaired) electrons. The molecular formula is C9H7IN2O3. The minimum Gasteiger partial charge on any atom is -0.507 e. The average molecular weight is 318 g/mol. The molecule has 0 bridgehead atoms. The maximum atomic E-state index is 11.7. The fraction of sp³-hybridized carbons (Fsp3) is 0.111. The van der Waals surface area contributed by atoms with Crippen LogP contribution < -0.4 is 8.73 Å². The summed E-state index contributed by atoms with van der Waals surface area (Å²) in [6.07, 6.45) is 1.53. The van der Waals surface area contributed by atoms with Gasteiger partial charge in [0, 0.05) is 6.20 Å². The van der Waals surface area contributed by atoms with Crippen molar-refractivity contribution in [3.63, 3.8) is 0 Å². The summed E-state index contributed by atoms with van der Waals surface area (Å²) in [5.41, 5.74) is 0.139. The lowest BCUT2D eigenvalue weighted by Crippen LogP contribution is -2.25. The predicted molar refractivity (Wildman–Crippen MR) is 63.0 cm³/mol. The van der Waals surface area contributed by atoms with Crippen LogP contribution in [0.1, 0.15) is 5.56 Å². The van der Waals surface area contributed by atoms with Gasteiger partial charge in [0.15, 0.2) is 5.65 Å². The van der Waals surface area contributed by atoms with E-state index in [1.165, 1.54) is 13.1 Å². The Bertz CT molecular complexity index is 579. The Balaban J connectivity index is 3.05. The van der Waals surface area contributed by atoms with Crippen LogP contribution in [0.5, 0.6) is 5.75 Å². The highest BCUT2D eigenvalue weighted by Crippen LogP contribution is 2.23. The summed E-state index contributed by atoms with van der Waals surface area (Å²) in [5, 5.41) is 10.2. The van der Waals surface area contributed by atoms with E-state index in [1.54, 1.807) is 35.1 Å². The van der Waals surface area contributed by atoms with Crippen molar-refractivity contribution in [1.82, 2.24) is 9.71 Å². The normalized spacial score (nSPS) is 10.5. The summed E-state index contributed by atoms with van der Waals surface area (Å²) in [6, 6.07) is 3.36. The Morgan fingerprint density at radius 3 is 3.00 bits per heavy atom. The molecule has 0 fully saturated rings. The lowest BCUT2D eigenvalue weighted by atomic mass is 10.2. The molecule has 6 heteroatoms. The number of nitrogens with zero attached hydrogens (tertiary/aromatic N) is 2. The van der Waals surface area contributed by atoms with Crippen molar-refractivity contribution < 1.29 is 8.27 Å². The largest absolute Gasteiger partial charge is 0.507 e. The van der Waals surface area contributed by atoms with Crippen LogP contribution in [0.15, 0.2) is 23.1 Å². The van der Waals surface area contributed by atoms with E-state index in [1.807, 2.05) is 0 Å². The zero-order valence-electron chi connectivity index (χ0n) is 7.77. The van der Waals surface area contributed by atoms with Gasteiger partial charge >= 0.3 is 0 Å². The number of hydrogen-bond donors (Lipinski definition) is 1. The van der Waals surface area contributed by atoms with Gasteiger partial charge in [-0.05, 0) is 19.1 Å². The third-order valence-corrected chi connectivity index (χ3v) is 2.56. The number of rotatable bonds is 1. The highest BCUT2D eigenvalue weighted by molar-refractivity contribution is 14.1. The number of halogens is 1. The topological polar surface area (TPSA) is 64.3 Å². The van der Waals surface area contributed by atoms with Gasteiger partial charge in [-0.1, -0.05) is 0 Å². The van der Waals surface area contributed by atoms with Gasteiger partial charge in [0.1, 0.15) is 5.75 Å². The van der Waals surface area contributed by atoms with Crippen molar-refractivity contribution in [1.29, 1.82) is 0 Å². The van der Waals surface area contributed by atoms with E-state index in [0.717, 1.165) is 4.73 Å². The molecule has 2 aromatic rings. The molecule has 0 atom stereocenters. The zero-order chi connectivity index (χ0) is 11.0. The molecular weight excluding hydrogens is 311 g/mol. The van der Waals surface area contributed by atoms with Gasteiger partial charge in [0.05, 0.1) is 10.9 Å². The van der Waals surface area contributed by atoms with E-state index in [4.69, 9.17) is 3.17 Å². The van der Waals surface area contributed by atoms with E-state index >= 15 is 0 Å². The van der Waals surface area contributed by atoms with Crippen molar-refractivity contribution in [3.05, 3.63) is 34.2 Å². The highest BCUT2D eigenvalue weighted by atomic mass is 127. The third kappa shape index (κ3) is 1.44. The van der Waals surface area contributed by atoms with Crippen molar-refractivity contribution >= 4 is 34.0 Å². The summed E-state index contributed by atoms with van der Waals surface area (Å²) in [5.74, 6) is -0.0483. The number of aromatic nitrogens is 2.